The van der Waals surface area contributed by atoms with Gasteiger partial charge < -0.3 is 10.5 Å². The van der Waals surface area contributed by atoms with E-state index >= 15 is 0 Å². The number of fused-ring (bicyclic) bond motifs is 1. The van der Waals surface area contributed by atoms with Crippen LogP contribution in [0.1, 0.15) is 11.1 Å². The molecular weight excluding hydrogens is 474 g/mol. The summed E-state index contributed by atoms with van der Waals surface area (Å²) in [7, 11) is -2.45. The number of amides is 1. The van der Waals surface area contributed by atoms with Gasteiger partial charge in [0.25, 0.3) is 5.91 Å². The number of nitrogens with two attached hydrogens (primary N) is 2. The molecule has 34 heavy (non-hydrogen) atoms. The van der Waals surface area contributed by atoms with Crippen molar-refractivity contribution in [2.24, 2.45) is 16.0 Å². The standard InChI is InChI=1S/C23H21N5O4S2/c1-32-19-12-6-11-18-20(22(29)27(21(18)19)14-15-7-3-2-4-8-15)26-28(23(24)33)16-9-5-10-17(13-16)34(25,30)31/h2-13H,14H2,1H3,(H2,24,33)(H2,25,30,31)/b26-20-. The van der Waals surface area contributed by atoms with Crippen LogP contribution < -0.4 is 25.5 Å². The van der Waals surface area contributed by atoms with Gasteiger partial charge in [-0.05, 0) is 42.0 Å². The minimum atomic E-state index is -3.97. The molecule has 0 saturated carbocycles. The SMILES string of the molecule is COc1cccc2c1N(Cc1ccccc1)C(=O)/C2=N\N(C(N)=S)c1cccc(S(N)(=O)=O)c1. The average molecular weight is 496 g/mol. The molecule has 9 nitrogen and oxygen atoms in total. The molecule has 1 heterocycles. The number of carbonyl (C=O) groups excluding carboxylic acids is 1. The lowest BCUT2D eigenvalue weighted by Crippen LogP contribution is -2.35. The molecule has 174 valence electrons. The lowest BCUT2D eigenvalue weighted by molar-refractivity contribution is -0.112. The summed E-state index contributed by atoms with van der Waals surface area (Å²) in [6, 6.07) is 20.4. The van der Waals surface area contributed by atoms with Crippen LogP contribution in [-0.2, 0) is 21.4 Å². The largest absolute Gasteiger partial charge is 0.495 e. The van der Waals surface area contributed by atoms with Gasteiger partial charge in [-0.25, -0.2) is 18.6 Å². The topological polar surface area (TPSA) is 131 Å². The van der Waals surface area contributed by atoms with Gasteiger partial charge in [0.05, 0.1) is 29.9 Å². The average Bonchev–Trinajstić information content (AvgIpc) is 3.08. The van der Waals surface area contributed by atoms with Crippen molar-refractivity contribution in [2.75, 3.05) is 17.0 Å². The lowest BCUT2D eigenvalue weighted by atomic mass is 10.1. The summed E-state index contributed by atoms with van der Waals surface area (Å²) in [6.07, 6.45) is 0. The van der Waals surface area contributed by atoms with Crippen LogP contribution in [0.25, 0.3) is 0 Å². The fourth-order valence-corrected chi connectivity index (χ4v) is 4.34. The smallest absolute Gasteiger partial charge is 0.279 e. The molecule has 1 amide bonds. The number of benzene rings is 3. The van der Waals surface area contributed by atoms with Gasteiger partial charge in [-0.1, -0.05) is 48.5 Å². The monoisotopic (exact) mass is 495 g/mol. The van der Waals surface area contributed by atoms with Crippen LogP contribution in [0.4, 0.5) is 11.4 Å². The number of sulfonamides is 1. The van der Waals surface area contributed by atoms with Gasteiger partial charge in [-0.15, -0.1) is 0 Å². The molecule has 0 atom stereocenters. The highest BCUT2D eigenvalue weighted by atomic mass is 32.2. The normalized spacial score (nSPS) is 14.2. The summed E-state index contributed by atoms with van der Waals surface area (Å²) >= 11 is 5.16. The van der Waals surface area contributed by atoms with Crippen LogP contribution in [-0.4, -0.2) is 32.3 Å². The quantitative estimate of drug-likeness (QED) is 0.396. The summed E-state index contributed by atoms with van der Waals surface area (Å²) < 4.78 is 29.1. The van der Waals surface area contributed by atoms with Crippen LogP contribution >= 0.6 is 12.2 Å². The summed E-state index contributed by atoms with van der Waals surface area (Å²) in [6.45, 7) is 0.292. The highest BCUT2D eigenvalue weighted by molar-refractivity contribution is 7.89. The van der Waals surface area contributed by atoms with Gasteiger partial charge in [-0.3, -0.25) is 9.69 Å². The zero-order chi connectivity index (χ0) is 24.5. The number of nitrogens with zero attached hydrogens (tertiary/aromatic N) is 3. The van der Waals surface area contributed by atoms with E-state index in [0.29, 0.717) is 23.5 Å². The number of hydrogen-bond donors (Lipinski definition) is 2. The van der Waals surface area contributed by atoms with Gasteiger partial charge in [-0.2, -0.15) is 5.10 Å². The fourth-order valence-electron chi connectivity index (χ4n) is 3.64. The van der Waals surface area contributed by atoms with Gasteiger partial charge >= 0.3 is 0 Å². The zero-order valence-corrected chi connectivity index (χ0v) is 19.7. The molecule has 0 bridgehead atoms. The maximum atomic E-state index is 13.6. The summed E-state index contributed by atoms with van der Waals surface area (Å²) in [5, 5.41) is 10.7. The van der Waals surface area contributed by atoms with Crippen molar-refractivity contribution < 1.29 is 17.9 Å². The molecule has 0 aromatic heterocycles. The maximum Gasteiger partial charge on any atom is 0.279 e. The number of ether oxygens (including phenoxy) is 1. The summed E-state index contributed by atoms with van der Waals surface area (Å²) in [5.74, 6) is 0.122. The van der Waals surface area contributed by atoms with E-state index in [1.165, 1.54) is 25.3 Å². The van der Waals surface area contributed by atoms with Crippen LogP contribution in [0.3, 0.4) is 0 Å². The Morgan fingerprint density at radius 2 is 1.79 bits per heavy atom. The third-order valence-electron chi connectivity index (χ3n) is 5.17. The van der Waals surface area contributed by atoms with Crippen LogP contribution in [0.2, 0.25) is 0 Å². The molecule has 4 rings (SSSR count). The highest BCUT2D eigenvalue weighted by Gasteiger charge is 2.37. The molecule has 3 aromatic rings. The van der Waals surface area contributed by atoms with E-state index in [0.717, 1.165) is 10.6 Å². The van der Waals surface area contributed by atoms with Crippen molar-refractivity contribution in [3.63, 3.8) is 0 Å². The second kappa shape index (κ2) is 9.21. The number of thiocarbonyl (C=S) groups is 1. The molecular formula is C23H21N5O4S2. The second-order valence-corrected chi connectivity index (χ2v) is 9.35. The molecule has 0 aliphatic carbocycles. The molecule has 0 fully saturated rings. The Balaban J connectivity index is 1.84. The molecule has 11 heteroatoms. The van der Waals surface area contributed by atoms with Crippen LogP contribution in [0.5, 0.6) is 5.75 Å². The molecule has 0 radical (unpaired) electrons. The first-order valence-electron chi connectivity index (χ1n) is 10.0. The third-order valence-corrected chi connectivity index (χ3v) is 6.26. The van der Waals surface area contributed by atoms with E-state index in [-0.39, 0.29) is 27.3 Å². The Morgan fingerprint density at radius 1 is 1.09 bits per heavy atom. The van der Waals surface area contributed by atoms with Crippen molar-refractivity contribution in [2.45, 2.75) is 11.4 Å². The first-order valence-corrected chi connectivity index (χ1v) is 12.0. The number of hydrazone groups is 1. The van der Waals surface area contributed by atoms with E-state index < -0.39 is 10.0 Å². The van der Waals surface area contributed by atoms with E-state index in [4.69, 9.17) is 27.8 Å². The molecule has 4 N–H and O–H groups in total. The van der Waals surface area contributed by atoms with Crippen molar-refractivity contribution in [1.82, 2.24) is 0 Å². The second-order valence-electron chi connectivity index (χ2n) is 7.37. The first kappa shape index (κ1) is 23.4. The Morgan fingerprint density at radius 3 is 2.44 bits per heavy atom. The fraction of sp³-hybridized carbons (Fsp3) is 0.0870. The minimum Gasteiger partial charge on any atom is -0.495 e. The predicted molar refractivity (Wildman–Crippen MR) is 134 cm³/mol. The molecule has 0 saturated heterocycles. The number of anilines is 2. The summed E-state index contributed by atoms with van der Waals surface area (Å²) in [5.41, 5.74) is 8.25. The van der Waals surface area contributed by atoms with Crippen LogP contribution in [0, 0.1) is 0 Å². The Hall–Kier alpha value is -3.80. The number of primary sulfonamides is 1. The Labute approximate surface area is 202 Å². The lowest BCUT2D eigenvalue weighted by Gasteiger charge is -2.19. The number of rotatable bonds is 6. The molecule has 0 spiro atoms. The number of carbonyl (C=O) groups is 1. The zero-order valence-electron chi connectivity index (χ0n) is 18.1. The van der Waals surface area contributed by atoms with Gasteiger partial charge in [0.1, 0.15) is 5.75 Å². The Kier molecular flexibility index (Phi) is 6.33. The van der Waals surface area contributed by atoms with Gasteiger partial charge in [0, 0.05) is 5.56 Å². The predicted octanol–water partition coefficient (Wildman–Crippen LogP) is 2.34. The van der Waals surface area contributed by atoms with E-state index in [2.05, 4.69) is 5.10 Å². The van der Waals surface area contributed by atoms with Crippen molar-refractivity contribution in [3.8, 4) is 5.75 Å². The molecule has 0 unspecified atom stereocenters. The number of hydrogen-bond acceptors (Lipinski definition) is 6. The first-order chi connectivity index (χ1) is 16.2. The van der Waals surface area contributed by atoms with Crippen molar-refractivity contribution >= 4 is 50.3 Å². The molecule has 3 aromatic carbocycles. The number of methoxy groups -OCH3 is 1. The molecule has 1 aliphatic heterocycles. The minimum absolute atomic E-state index is 0.0821. The van der Waals surface area contributed by atoms with Gasteiger partial charge in [0.15, 0.2) is 10.8 Å². The number of para-hydroxylation sites is 1. The van der Waals surface area contributed by atoms with Crippen molar-refractivity contribution in [1.29, 1.82) is 0 Å². The molecule has 1 aliphatic rings. The Bertz CT molecular complexity index is 1410. The maximum absolute atomic E-state index is 13.6. The van der Waals surface area contributed by atoms with Crippen LogP contribution in [0.15, 0.2) is 82.8 Å². The van der Waals surface area contributed by atoms with Gasteiger partial charge in [0.2, 0.25) is 10.0 Å². The third kappa shape index (κ3) is 4.49. The van der Waals surface area contributed by atoms with E-state index in [1.54, 1.807) is 29.2 Å². The van der Waals surface area contributed by atoms with E-state index in [1.807, 2.05) is 30.3 Å². The summed E-state index contributed by atoms with van der Waals surface area (Å²) in [4.78, 5) is 15.0. The van der Waals surface area contributed by atoms with Crippen molar-refractivity contribution in [3.05, 3.63) is 83.9 Å². The highest BCUT2D eigenvalue weighted by Crippen LogP contribution is 2.39. The van der Waals surface area contributed by atoms with E-state index in [9.17, 15) is 13.2 Å².